The van der Waals surface area contributed by atoms with Gasteiger partial charge in [-0.25, -0.2) is 0 Å². The van der Waals surface area contributed by atoms with Crippen molar-refractivity contribution in [2.75, 3.05) is 39.4 Å². The van der Waals surface area contributed by atoms with Crippen LogP contribution < -0.4 is 5.32 Å². The van der Waals surface area contributed by atoms with Crippen LogP contribution in [-0.4, -0.2) is 60.5 Å². The zero-order valence-electron chi connectivity index (χ0n) is 10.6. The number of nitrogens with zero attached hydrogens (tertiary/aromatic N) is 1. The van der Waals surface area contributed by atoms with Gasteiger partial charge in [0.15, 0.2) is 0 Å². The fourth-order valence-electron chi connectivity index (χ4n) is 2.82. The number of nitrogens with one attached hydrogen (secondary N) is 1. The van der Waals surface area contributed by atoms with Crippen molar-refractivity contribution in [3.8, 4) is 0 Å². The highest BCUT2D eigenvalue weighted by molar-refractivity contribution is 4.85. The van der Waals surface area contributed by atoms with Gasteiger partial charge < -0.3 is 15.5 Å². The first-order valence-electron chi connectivity index (χ1n) is 6.99. The number of aliphatic hydroxyl groups excluding tert-OH is 2. The number of hydrogen-bond donors (Lipinski definition) is 3. The molecule has 1 aliphatic carbocycles. The van der Waals surface area contributed by atoms with Gasteiger partial charge in [-0.3, -0.25) is 4.90 Å². The SMILES string of the molecule is OCCC1CC(NCC2CC2)CN(CCO)C1. The van der Waals surface area contributed by atoms with Crippen molar-refractivity contribution in [1.29, 1.82) is 0 Å². The van der Waals surface area contributed by atoms with Gasteiger partial charge in [0.05, 0.1) is 6.61 Å². The molecule has 1 heterocycles. The maximum absolute atomic E-state index is 9.06. The lowest BCUT2D eigenvalue weighted by Crippen LogP contribution is -2.50. The van der Waals surface area contributed by atoms with Gasteiger partial charge in [-0.2, -0.15) is 0 Å². The van der Waals surface area contributed by atoms with E-state index in [0.29, 0.717) is 12.0 Å². The Morgan fingerprint density at radius 1 is 1.06 bits per heavy atom. The number of aliphatic hydroxyl groups is 2. The van der Waals surface area contributed by atoms with Crippen molar-refractivity contribution in [2.45, 2.75) is 31.7 Å². The third kappa shape index (κ3) is 4.54. The molecule has 0 aromatic heterocycles. The van der Waals surface area contributed by atoms with Crippen LogP contribution in [0.3, 0.4) is 0 Å². The third-order valence-corrected chi connectivity index (χ3v) is 3.96. The fraction of sp³-hybridized carbons (Fsp3) is 1.00. The first-order chi connectivity index (χ1) is 8.31. The number of likely N-dealkylation sites (tertiary alicyclic amines) is 1. The fourth-order valence-corrected chi connectivity index (χ4v) is 2.82. The Kier molecular flexibility index (Phi) is 5.22. The summed E-state index contributed by atoms with van der Waals surface area (Å²) in [5.41, 5.74) is 0. The molecule has 4 heteroatoms. The largest absolute Gasteiger partial charge is 0.396 e. The lowest BCUT2D eigenvalue weighted by molar-refractivity contribution is 0.102. The molecule has 0 aromatic carbocycles. The van der Waals surface area contributed by atoms with Crippen LogP contribution >= 0.6 is 0 Å². The van der Waals surface area contributed by atoms with E-state index in [1.54, 1.807) is 0 Å². The molecule has 2 aliphatic rings. The molecule has 100 valence electrons. The van der Waals surface area contributed by atoms with E-state index < -0.39 is 0 Å². The first-order valence-corrected chi connectivity index (χ1v) is 6.99. The lowest BCUT2D eigenvalue weighted by atomic mass is 9.91. The summed E-state index contributed by atoms with van der Waals surface area (Å²) in [6, 6.07) is 0.549. The summed E-state index contributed by atoms with van der Waals surface area (Å²) >= 11 is 0. The zero-order chi connectivity index (χ0) is 12.1. The molecule has 0 radical (unpaired) electrons. The van der Waals surface area contributed by atoms with Crippen molar-refractivity contribution >= 4 is 0 Å². The molecule has 4 nitrogen and oxygen atoms in total. The predicted octanol–water partition coefficient (Wildman–Crippen LogP) is 0.0512. The molecule has 2 atom stereocenters. The predicted molar refractivity (Wildman–Crippen MR) is 67.9 cm³/mol. The van der Waals surface area contributed by atoms with Gasteiger partial charge in [-0.1, -0.05) is 0 Å². The Morgan fingerprint density at radius 3 is 2.53 bits per heavy atom. The minimum atomic E-state index is 0.237. The summed E-state index contributed by atoms with van der Waals surface area (Å²) in [5.74, 6) is 1.50. The Hall–Kier alpha value is -0.160. The van der Waals surface area contributed by atoms with Crippen LogP contribution in [-0.2, 0) is 0 Å². The summed E-state index contributed by atoms with van der Waals surface area (Å²) in [6.07, 6.45) is 4.85. The van der Waals surface area contributed by atoms with Gasteiger partial charge in [0.25, 0.3) is 0 Å². The van der Waals surface area contributed by atoms with Crippen molar-refractivity contribution in [2.24, 2.45) is 11.8 Å². The standard InChI is InChI=1S/C13H26N2O2/c16-5-3-12-7-13(14-8-11-1-2-11)10-15(9-12)4-6-17/h11-14,16-17H,1-10H2. The molecular weight excluding hydrogens is 216 g/mol. The summed E-state index contributed by atoms with van der Waals surface area (Å²) in [6.45, 7) is 4.53. The minimum Gasteiger partial charge on any atom is -0.396 e. The molecule has 0 spiro atoms. The molecule has 1 aliphatic heterocycles. The zero-order valence-corrected chi connectivity index (χ0v) is 10.6. The Bertz CT molecular complexity index is 207. The molecule has 17 heavy (non-hydrogen) atoms. The van der Waals surface area contributed by atoms with Crippen LogP contribution in [0, 0.1) is 11.8 Å². The van der Waals surface area contributed by atoms with E-state index >= 15 is 0 Å². The van der Waals surface area contributed by atoms with Gasteiger partial charge in [-0.05, 0) is 44.1 Å². The number of hydrogen-bond acceptors (Lipinski definition) is 4. The number of piperidine rings is 1. The summed E-state index contributed by atoms with van der Waals surface area (Å²) in [4.78, 5) is 2.33. The van der Waals surface area contributed by atoms with Gasteiger partial charge in [-0.15, -0.1) is 0 Å². The van der Waals surface area contributed by atoms with Gasteiger partial charge in [0.2, 0.25) is 0 Å². The highest BCUT2D eigenvalue weighted by Gasteiger charge is 2.28. The summed E-state index contributed by atoms with van der Waals surface area (Å²) in [5, 5.41) is 21.8. The summed E-state index contributed by atoms with van der Waals surface area (Å²) in [7, 11) is 0. The Labute approximate surface area is 104 Å². The first kappa shape index (κ1) is 13.3. The smallest absolute Gasteiger partial charge is 0.0558 e. The van der Waals surface area contributed by atoms with Crippen LogP contribution in [0.1, 0.15) is 25.7 Å². The van der Waals surface area contributed by atoms with Crippen LogP contribution in [0.2, 0.25) is 0 Å². The third-order valence-electron chi connectivity index (χ3n) is 3.96. The van der Waals surface area contributed by atoms with Crippen molar-refractivity contribution in [3.63, 3.8) is 0 Å². The van der Waals surface area contributed by atoms with Crippen molar-refractivity contribution in [3.05, 3.63) is 0 Å². The molecule has 3 N–H and O–H groups in total. The second kappa shape index (κ2) is 6.69. The number of β-amino-alcohol motifs (C(OH)–C–C–N with tert-alkyl or cyclic N) is 1. The van der Waals surface area contributed by atoms with E-state index in [1.165, 1.54) is 19.3 Å². The number of rotatable bonds is 7. The molecule has 0 bridgehead atoms. The van der Waals surface area contributed by atoms with E-state index in [9.17, 15) is 0 Å². The quantitative estimate of drug-likeness (QED) is 0.590. The second-order valence-electron chi connectivity index (χ2n) is 5.65. The van der Waals surface area contributed by atoms with E-state index in [4.69, 9.17) is 10.2 Å². The molecule has 2 rings (SSSR count). The maximum atomic E-state index is 9.06. The highest BCUT2D eigenvalue weighted by atomic mass is 16.3. The molecule has 2 unspecified atom stereocenters. The lowest BCUT2D eigenvalue weighted by Gasteiger charge is -2.38. The molecule has 0 aromatic rings. The Morgan fingerprint density at radius 2 is 1.88 bits per heavy atom. The Balaban J connectivity index is 1.76. The average molecular weight is 242 g/mol. The summed E-state index contributed by atoms with van der Waals surface area (Å²) < 4.78 is 0. The van der Waals surface area contributed by atoms with Crippen molar-refractivity contribution < 1.29 is 10.2 Å². The van der Waals surface area contributed by atoms with Gasteiger partial charge in [0.1, 0.15) is 0 Å². The van der Waals surface area contributed by atoms with Gasteiger partial charge >= 0.3 is 0 Å². The topological polar surface area (TPSA) is 55.7 Å². The average Bonchev–Trinajstić information content (AvgIpc) is 3.11. The van der Waals surface area contributed by atoms with Crippen LogP contribution in [0.5, 0.6) is 0 Å². The maximum Gasteiger partial charge on any atom is 0.0558 e. The van der Waals surface area contributed by atoms with E-state index in [0.717, 1.165) is 38.5 Å². The van der Waals surface area contributed by atoms with Crippen LogP contribution in [0.15, 0.2) is 0 Å². The monoisotopic (exact) mass is 242 g/mol. The molecule has 0 amide bonds. The highest BCUT2D eigenvalue weighted by Crippen LogP contribution is 2.28. The van der Waals surface area contributed by atoms with Crippen LogP contribution in [0.25, 0.3) is 0 Å². The van der Waals surface area contributed by atoms with E-state index in [2.05, 4.69) is 10.2 Å². The second-order valence-corrected chi connectivity index (χ2v) is 5.65. The van der Waals surface area contributed by atoms with Crippen LogP contribution in [0.4, 0.5) is 0 Å². The molecule has 2 fully saturated rings. The molecule has 1 saturated carbocycles. The molecule has 1 saturated heterocycles. The van der Waals surface area contributed by atoms with Gasteiger partial charge in [0, 0.05) is 32.3 Å². The minimum absolute atomic E-state index is 0.237. The van der Waals surface area contributed by atoms with E-state index in [1.807, 2.05) is 0 Å². The normalized spacial score (nSPS) is 30.7. The van der Waals surface area contributed by atoms with E-state index in [-0.39, 0.29) is 13.2 Å². The van der Waals surface area contributed by atoms with Crippen molar-refractivity contribution in [1.82, 2.24) is 10.2 Å². The molecular formula is C13H26N2O2.